The molecular formula is C24H24N4O3. The van der Waals surface area contributed by atoms with Crippen molar-refractivity contribution < 1.29 is 14.4 Å². The van der Waals surface area contributed by atoms with Crippen molar-refractivity contribution in [2.24, 2.45) is 12.8 Å². The number of nitrogens with two attached hydrogens (primary N) is 1. The number of ketones is 1. The Morgan fingerprint density at radius 2 is 1.87 bits per heavy atom. The zero-order valence-corrected chi connectivity index (χ0v) is 17.2. The van der Waals surface area contributed by atoms with Gasteiger partial charge in [-0.1, -0.05) is 48.5 Å². The molecule has 1 unspecified atom stereocenters. The highest BCUT2D eigenvalue weighted by atomic mass is 16.2. The molecule has 1 aromatic heterocycles. The molecule has 0 bridgehead atoms. The Morgan fingerprint density at radius 3 is 2.55 bits per heavy atom. The van der Waals surface area contributed by atoms with Gasteiger partial charge in [0.2, 0.25) is 5.78 Å². The number of primary amides is 1. The summed E-state index contributed by atoms with van der Waals surface area (Å²) in [6.45, 7) is 0. The van der Waals surface area contributed by atoms with E-state index >= 15 is 0 Å². The van der Waals surface area contributed by atoms with Crippen LogP contribution >= 0.6 is 0 Å². The molecule has 1 heterocycles. The number of rotatable bonds is 8. The molecule has 0 radical (unpaired) electrons. The van der Waals surface area contributed by atoms with Gasteiger partial charge in [0.15, 0.2) is 0 Å². The average molecular weight is 416 g/mol. The predicted molar refractivity (Wildman–Crippen MR) is 116 cm³/mol. The molecule has 0 aliphatic heterocycles. The first-order chi connectivity index (χ1) is 14.9. The first-order valence-corrected chi connectivity index (χ1v) is 10.2. The molecule has 1 fully saturated rings. The highest BCUT2D eigenvalue weighted by Crippen LogP contribution is 2.41. The van der Waals surface area contributed by atoms with E-state index in [1.54, 1.807) is 17.9 Å². The molecule has 7 heteroatoms. The Bertz CT molecular complexity index is 1130. The molecule has 31 heavy (non-hydrogen) atoms. The standard InChI is InChI=1S/C24H24N4O3/c1-28-14-19(21(27-28)18-9-5-8-17(13-18)16-10-11-16)24(31)26-20(22(29)23(25)30)12-15-6-3-2-4-7-15/h2-9,13-14,16,20H,10-12H2,1H3,(H2,25,30)(H,26,31). The van der Waals surface area contributed by atoms with Gasteiger partial charge in [-0.3, -0.25) is 19.1 Å². The molecule has 4 rings (SSSR count). The van der Waals surface area contributed by atoms with Crippen LogP contribution in [0.25, 0.3) is 11.3 Å². The number of aromatic nitrogens is 2. The van der Waals surface area contributed by atoms with Crippen molar-refractivity contribution >= 4 is 17.6 Å². The number of benzene rings is 2. The van der Waals surface area contributed by atoms with Gasteiger partial charge in [0, 0.05) is 25.2 Å². The summed E-state index contributed by atoms with van der Waals surface area (Å²) in [6.07, 6.45) is 4.13. The number of aryl methyl sites for hydroxylation is 1. The predicted octanol–water partition coefficient (Wildman–Crippen LogP) is 2.36. The van der Waals surface area contributed by atoms with Crippen LogP contribution in [0.1, 0.15) is 40.2 Å². The van der Waals surface area contributed by atoms with E-state index in [4.69, 9.17) is 5.73 Å². The first kappa shape index (κ1) is 20.5. The molecule has 158 valence electrons. The summed E-state index contributed by atoms with van der Waals surface area (Å²) in [5.74, 6) is -1.82. The second-order valence-corrected chi connectivity index (χ2v) is 7.91. The van der Waals surface area contributed by atoms with Gasteiger partial charge in [-0.05, 0) is 36.0 Å². The Morgan fingerprint density at radius 1 is 1.13 bits per heavy atom. The average Bonchev–Trinajstić information content (AvgIpc) is 3.55. The van der Waals surface area contributed by atoms with Crippen molar-refractivity contribution in [3.05, 3.63) is 77.5 Å². The van der Waals surface area contributed by atoms with Crippen molar-refractivity contribution in [3.63, 3.8) is 0 Å². The minimum absolute atomic E-state index is 0.168. The fourth-order valence-corrected chi connectivity index (χ4v) is 3.69. The van der Waals surface area contributed by atoms with Crippen LogP contribution < -0.4 is 11.1 Å². The second-order valence-electron chi connectivity index (χ2n) is 7.91. The molecule has 2 aromatic carbocycles. The fourth-order valence-electron chi connectivity index (χ4n) is 3.69. The first-order valence-electron chi connectivity index (χ1n) is 10.2. The van der Waals surface area contributed by atoms with E-state index in [2.05, 4.69) is 22.5 Å². The summed E-state index contributed by atoms with van der Waals surface area (Å²) >= 11 is 0. The summed E-state index contributed by atoms with van der Waals surface area (Å²) in [5.41, 5.74) is 8.99. The summed E-state index contributed by atoms with van der Waals surface area (Å²) in [4.78, 5) is 37.1. The largest absolute Gasteiger partial charge is 0.363 e. The summed E-state index contributed by atoms with van der Waals surface area (Å²) in [7, 11) is 1.74. The monoisotopic (exact) mass is 416 g/mol. The SMILES string of the molecule is Cn1cc(C(=O)NC(Cc2ccccc2)C(=O)C(N)=O)c(-c2cccc(C3CC3)c2)n1. The molecule has 3 aromatic rings. The molecule has 1 aliphatic rings. The number of nitrogens with one attached hydrogen (secondary N) is 1. The van der Waals surface area contributed by atoms with Crippen molar-refractivity contribution in [1.82, 2.24) is 15.1 Å². The van der Waals surface area contributed by atoms with Crippen molar-refractivity contribution in [2.75, 3.05) is 0 Å². The number of amides is 2. The van der Waals surface area contributed by atoms with Crippen LogP contribution in [-0.2, 0) is 23.1 Å². The van der Waals surface area contributed by atoms with Gasteiger partial charge < -0.3 is 11.1 Å². The summed E-state index contributed by atoms with van der Waals surface area (Å²) in [5, 5.41) is 7.17. The lowest BCUT2D eigenvalue weighted by Gasteiger charge is -2.16. The Kier molecular flexibility index (Phi) is 5.66. The van der Waals surface area contributed by atoms with Crippen LogP contribution in [0.2, 0.25) is 0 Å². The topological polar surface area (TPSA) is 107 Å². The van der Waals surface area contributed by atoms with Crippen LogP contribution in [-0.4, -0.2) is 33.4 Å². The molecule has 0 spiro atoms. The molecule has 7 nitrogen and oxygen atoms in total. The second kappa shape index (κ2) is 8.55. The molecule has 0 saturated heterocycles. The fraction of sp³-hybridized carbons (Fsp3) is 0.250. The number of Topliss-reactive ketones (excluding diaryl/α,β-unsaturated/α-hetero) is 1. The number of hydrogen-bond donors (Lipinski definition) is 2. The van der Waals surface area contributed by atoms with Crippen LogP contribution in [0.4, 0.5) is 0 Å². The number of carbonyl (C=O) groups excluding carboxylic acids is 3. The van der Waals surface area contributed by atoms with Crippen LogP contribution in [0, 0.1) is 0 Å². The summed E-state index contributed by atoms with van der Waals surface area (Å²) < 4.78 is 1.57. The zero-order valence-electron chi connectivity index (χ0n) is 17.2. The summed E-state index contributed by atoms with van der Waals surface area (Å²) in [6, 6.07) is 16.1. The maximum atomic E-state index is 13.1. The van der Waals surface area contributed by atoms with Gasteiger partial charge in [-0.25, -0.2) is 0 Å². The number of hydrogen-bond acceptors (Lipinski definition) is 4. The van der Waals surface area contributed by atoms with Crippen molar-refractivity contribution in [3.8, 4) is 11.3 Å². The maximum absolute atomic E-state index is 13.1. The van der Waals surface area contributed by atoms with E-state index in [0.717, 1.165) is 11.1 Å². The maximum Gasteiger partial charge on any atom is 0.287 e. The van der Waals surface area contributed by atoms with E-state index in [0.29, 0.717) is 17.2 Å². The van der Waals surface area contributed by atoms with E-state index in [-0.39, 0.29) is 6.42 Å². The quantitative estimate of drug-likeness (QED) is 0.550. The highest BCUT2D eigenvalue weighted by molar-refractivity contribution is 6.38. The normalized spacial score (nSPS) is 14.1. The van der Waals surface area contributed by atoms with Crippen molar-refractivity contribution in [2.45, 2.75) is 31.2 Å². The third-order valence-corrected chi connectivity index (χ3v) is 5.43. The van der Waals surface area contributed by atoms with E-state index < -0.39 is 23.6 Å². The molecule has 1 saturated carbocycles. The molecular weight excluding hydrogens is 392 g/mol. The Balaban J connectivity index is 1.61. The number of carbonyl (C=O) groups is 3. The third kappa shape index (κ3) is 4.71. The minimum Gasteiger partial charge on any atom is -0.363 e. The van der Waals surface area contributed by atoms with Gasteiger partial charge in [0.1, 0.15) is 11.7 Å². The van der Waals surface area contributed by atoms with Gasteiger partial charge in [0.25, 0.3) is 11.8 Å². The Hall–Kier alpha value is -3.74. The van der Waals surface area contributed by atoms with Crippen LogP contribution in [0.15, 0.2) is 60.8 Å². The number of nitrogens with zero attached hydrogens (tertiary/aromatic N) is 2. The van der Waals surface area contributed by atoms with E-state index in [9.17, 15) is 14.4 Å². The lowest BCUT2D eigenvalue weighted by Crippen LogP contribution is -2.47. The lowest BCUT2D eigenvalue weighted by molar-refractivity contribution is -0.137. The zero-order chi connectivity index (χ0) is 22.0. The van der Waals surface area contributed by atoms with Gasteiger partial charge in [0.05, 0.1) is 5.56 Å². The minimum atomic E-state index is -1.08. The molecule has 1 atom stereocenters. The molecule has 3 N–H and O–H groups in total. The van der Waals surface area contributed by atoms with Gasteiger partial charge in [-0.15, -0.1) is 0 Å². The van der Waals surface area contributed by atoms with Crippen LogP contribution in [0.3, 0.4) is 0 Å². The molecule has 1 aliphatic carbocycles. The van der Waals surface area contributed by atoms with Gasteiger partial charge in [-0.2, -0.15) is 5.10 Å². The smallest absolute Gasteiger partial charge is 0.287 e. The lowest BCUT2D eigenvalue weighted by atomic mass is 10.00. The molecule has 2 amide bonds. The highest BCUT2D eigenvalue weighted by Gasteiger charge is 2.28. The van der Waals surface area contributed by atoms with Crippen molar-refractivity contribution in [1.29, 1.82) is 0 Å². The van der Waals surface area contributed by atoms with Gasteiger partial charge >= 0.3 is 0 Å². The van der Waals surface area contributed by atoms with E-state index in [1.807, 2.05) is 42.5 Å². The third-order valence-electron chi connectivity index (χ3n) is 5.43. The van der Waals surface area contributed by atoms with Crippen LogP contribution in [0.5, 0.6) is 0 Å². The Labute approximate surface area is 180 Å². The van der Waals surface area contributed by atoms with E-state index in [1.165, 1.54) is 18.4 Å².